The third-order valence-corrected chi connectivity index (χ3v) is 5.29. The minimum absolute atomic E-state index is 0.0216. The van der Waals surface area contributed by atoms with Crippen LogP contribution in [0.1, 0.15) is 11.4 Å². The Bertz CT molecular complexity index is 1190. The molecule has 1 aromatic heterocycles. The molecule has 0 aliphatic rings. The maximum atomic E-state index is 13.9. The monoisotopic (exact) mass is 427 g/mol. The normalized spacial score (nSPS) is 11.0. The van der Waals surface area contributed by atoms with Gasteiger partial charge in [-0.15, -0.1) is 0 Å². The molecular formula is C22H16Cl2FN3O. The summed E-state index contributed by atoms with van der Waals surface area (Å²) >= 11 is 12.6. The molecule has 3 aromatic carbocycles. The smallest absolute Gasteiger partial charge is 0.244 e. The molecule has 0 aliphatic carbocycles. The van der Waals surface area contributed by atoms with E-state index in [-0.39, 0.29) is 18.1 Å². The van der Waals surface area contributed by atoms with Crippen molar-refractivity contribution in [3.05, 3.63) is 94.0 Å². The fourth-order valence-electron chi connectivity index (χ4n) is 3.19. The highest BCUT2D eigenvalue weighted by Gasteiger charge is 2.17. The number of nitrogens with zero attached hydrogens (tertiary/aromatic N) is 2. The van der Waals surface area contributed by atoms with Gasteiger partial charge in [0.05, 0.1) is 16.7 Å². The molecule has 0 saturated heterocycles. The Morgan fingerprint density at radius 2 is 1.66 bits per heavy atom. The van der Waals surface area contributed by atoms with Crippen LogP contribution in [-0.4, -0.2) is 15.5 Å². The number of carbonyl (C=O) groups excluding carboxylic acids is 1. The molecule has 0 fully saturated rings. The van der Waals surface area contributed by atoms with Crippen molar-refractivity contribution in [3.63, 3.8) is 0 Å². The first-order valence-electron chi connectivity index (χ1n) is 8.94. The second kappa shape index (κ2) is 8.23. The van der Waals surface area contributed by atoms with Gasteiger partial charge in [0.15, 0.2) is 0 Å². The number of hydrogen-bond acceptors (Lipinski definition) is 2. The lowest BCUT2D eigenvalue weighted by Crippen LogP contribution is -2.21. The van der Waals surface area contributed by atoms with Gasteiger partial charge in [-0.05, 0) is 42.0 Å². The Balaban J connectivity index is 1.68. The first kappa shape index (κ1) is 19.4. The molecule has 29 heavy (non-hydrogen) atoms. The Morgan fingerprint density at radius 3 is 2.41 bits per heavy atom. The van der Waals surface area contributed by atoms with Crippen molar-refractivity contribution in [1.82, 2.24) is 9.55 Å². The molecular weight excluding hydrogens is 412 g/mol. The van der Waals surface area contributed by atoms with Crippen LogP contribution in [0.15, 0.2) is 66.7 Å². The summed E-state index contributed by atoms with van der Waals surface area (Å²) in [5.41, 5.74) is 2.43. The van der Waals surface area contributed by atoms with Crippen LogP contribution >= 0.6 is 23.2 Å². The lowest BCUT2D eigenvalue weighted by molar-refractivity contribution is -0.116. The molecule has 7 heteroatoms. The average molecular weight is 428 g/mol. The number of hydrogen-bond donors (Lipinski definition) is 1. The summed E-state index contributed by atoms with van der Waals surface area (Å²) in [6.07, 6.45) is 0.361. The number of anilines is 1. The van der Waals surface area contributed by atoms with Gasteiger partial charge in [-0.25, -0.2) is 9.37 Å². The number of benzene rings is 3. The summed E-state index contributed by atoms with van der Waals surface area (Å²) in [4.78, 5) is 17.3. The van der Waals surface area contributed by atoms with Crippen molar-refractivity contribution in [3.8, 4) is 0 Å². The first-order valence-corrected chi connectivity index (χ1v) is 9.70. The number of aromatic nitrogens is 2. The van der Waals surface area contributed by atoms with Crippen LogP contribution in [0.5, 0.6) is 0 Å². The summed E-state index contributed by atoms with van der Waals surface area (Å²) in [6.45, 7) is -0.0216. The fraction of sp³-hybridized carbons (Fsp3) is 0.0909. The van der Waals surface area contributed by atoms with Crippen molar-refractivity contribution in [2.45, 2.75) is 13.0 Å². The SMILES string of the molecule is O=C(Cn1c(Cc2c(Cl)cccc2Cl)nc2ccccc21)Nc1ccccc1F. The third kappa shape index (κ3) is 4.11. The van der Waals surface area contributed by atoms with Gasteiger partial charge in [-0.1, -0.05) is 53.5 Å². The molecule has 4 nitrogen and oxygen atoms in total. The number of nitrogens with one attached hydrogen (secondary N) is 1. The van der Waals surface area contributed by atoms with Crippen LogP contribution in [0.4, 0.5) is 10.1 Å². The van der Waals surface area contributed by atoms with Crippen molar-refractivity contribution in [2.75, 3.05) is 5.32 Å². The number of halogens is 3. The van der Waals surface area contributed by atoms with Crippen molar-refractivity contribution in [1.29, 1.82) is 0 Å². The largest absolute Gasteiger partial charge is 0.322 e. The highest BCUT2D eigenvalue weighted by atomic mass is 35.5. The molecule has 4 aromatic rings. The predicted octanol–water partition coefficient (Wildman–Crippen LogP) is 5.71. The number of para-hydroxylation sites is 3. The highest BCUT2D eigenvalue weighted by Crippen LogP contribution is 2.28. The van der Waals surface area contributed by atoms with E-state index in [2.05, 4.69) is 10.3 Å². The van der Waals surface area contributed by atoms with Crippen molar-refractivity contribution < 1.29 is 9.18 Å². The summed E-state index contributed by atoms with van der Waals surface area (Å²) in [5.74, 6) is -0.200. The summed E-state index contributed by atoms with van der Waals surface area (Å²) in [6, 6.07) is 18.9. The van der Waals surface area contributed by atoms with E-state index >= 15 is 0 Å². The second-order valence-electron chi connectivity index (χ2n) is 6.51. The third-order valence-electron chi connectivity index (χ3n) is 4.58. The lowest BCUT2D eigenvalue weighted by atomic mass is 10.1. The van der Waals surface area contributed by atoms with Crippen LogP contribution < -0.4 is 5.32 Å². The number of imidazole rings is 1. The van der Waals surface area contributed by atoms with Gasteiger partial charge in [0.1, 0.15) is 18.2 Å². The maximum absolute atomic E-state index is 13.9. The van der Waals surface area contributed by atoms with Crippen LogP contribution in [0.3, 0.4) is 0 Å². The fourth-order valence-corrected chi connectivity index (χ4v) is 3.72. The topological polar surface area (TPSA) is 46.9 Å². The number of fused-ring (bicyclic) bond motifs is 1. The molecule has 0 radical (unpaired) electrons. The van der Waals surface area contributed by atoms with Gasteiger partial charge in [-0.3, -0.25) is 4.79 Å². The maximum Gasteiger partial charge on any atom is 0.244 e. The Morgan fingerprint density at radius 1 is 0.966 bits per heavy atom. The summed E-state index contributed by atoms with van der Waals surface area (Å²) < 4.78 is 15.7. The molecule has 1 N–H and O–H groups in total. The first-order chi connectivity index (χ1) is 14.0. The molecule has 0 spiro atoms. The molecule has 0 aliphatic heterocycles. The van der Waals surface area contributed by atoms with Gasteiger partial charge in [0.2, 0.25) is 5.91 Å². The van der Waals surface area contributed by atoms with Gasteiger partial charge >= 0.3 is 0 Å². The van der Waals surface area contributed by atoms with E-state index in [0.29, 0.717) is 22.3 Å². The zero-order valence-electron chi connectivity index (χ0n) is 15.2. The molecule has 146 valence electrons. The van der Waals surface area contributed by atoms with Gasteiger partial charge in [0.25, 0.3) is 0 Å². The van der Waals surface area contributed by atoms with E-state index in [1.807, 2.05) is 24.3 Å². The molecule has 4 rings (SSSR count). The van der Waals surface area contributed by atoms with Crippen LogP contribution in [0.25, 0.3) is 11.0 Å². The average Bonchev–Trinajstić information content (AvgIpc) is 3.04. The standard InChI is InChI=1S/C22H16Cl2FN3O/c23-15-6-5-7-16(24)14(15)12-21-26-19-10-3-4-11-20(19)28(21)13-22(29)27-18-9-2-1-8-17(18)25/h1-11H,12-13H2,(H,27,29). The molecule has 1 amide bonds. The van der Waals surface area contributed by atoms with E-state index in [9.17, 15) is 9.18 Å². The van der Waals surface area contributed by atoms with Crippen LogP contribution in [-0.2, 0) is 17.8 Å². The Hall–Kier alpha value is -2.89. The zero-order chi connectivity index (χ0) is 20.4. The second-order valence-corrected chi connectivity index (χ2v) is 7.32. The number of carbonyl (C=O) groups is 1. The van der Waals surface area contributed by atoms with Crippen molar-refractivity contribution >= 4 is 45.8 Å². The molecule has 1 heterocycles. The molecule has 0 saturated carbocycles. The summed E-state index contributed by atoms with van der Waals surface area (Å²) in [5, 5.41) is 3.68. The minimum Gasteiger partial charge on any atom is -0.322 e. The Kier molecular flexibility index (Phi) is 5.51. The quantitative estimate of drug-likeness (QED) is 0.443. The predicted molar refractivity (Wildman–Crippen MR) is 114 cm³/mol. The zero-order valence-corrected chi connectivity index (χ0v) is 16.7. The molecule has 0 atom stereocenters. The minimum atomic E-state index is -0.487. The van der Waals surface area contributed by atoms with Gasteiger partial charge < -0.3 is 9.88 Å². The van der Waals surface area contributed by atoms with E-state index in [4.69, 9.17) is 23.2 Å². The molecule has 0 unspecified atom stereocenters. The molecule has 0 bridgehead atoms. The van der Waals surface area contributed by atoms with Gasteiger partial charge in [0, 0.05) is 16.5 Å². The van der Waals surface area contributed by atoms with Crippen LogP contribution in [0.2, 0.25) is 10.0 Å². The van der Waals surface area contributed by atoms with E-state index < -0.39 is 5.82 Å². The highest BCUT2D eigenvalue weighted by molar-refractivity contribution is 6.36. The summed E-state index contributed by atoms with van der Waals surface area (Å²) in [7, 11) is 0. The van der Waals surface area contributed by atoms with Crippen LogP contribution in [0, 0.1) is 5.82 Å². The lowest BCUT2D eigenvalue weighted by Gasteiger charge is -2.12. The number of rotatable bonds is 5. The van der Waals surface area contributed by atoms with E-state index in [1.165, 1.54) is 12.1 Å². The Labute approximate surface area is 176 Å². The number of amides is 1. The van der Waals surface area contributed by atoms with Crippen molar-refractivity contribution in [2.24, 2.45) is 0 Å². The van der Waals surface area contributed by atoms with E-state index in [0.717, 1.165) is 16.6 Å². The van der Waals surface area contributed by atoms with E-state index in [1.54, 1.807) is 34.9 Å². The van der Waals surface area contributed by atoms with Gasteiger partial charge in [-0.2, -0.15) is 0 Å².